The van der Waals surface area contributed by atoms with Crippen molar-refractivity contribution in [3.63, 3.8) is 0 Å². The van der Waals surface area contributed by atoms with Gasteiger partial charge in [-0.3, -0.25) is 0 Å². The Hall–Kier alpha value is -2.73. The molecular weight excluding hydrogens is 248 g/mol. The van der Waals surface area contributed by atoms with Crippen LogP contribution in [0.3, 0.4) is 0 Å². The van der Waals surface area contributed by atoms with Gasteiger partial charge in [0, 0.05) is 29.2 Å². The van der Waals surface area contributed by atoms with E-state index in [1.165, 1.54) is 0 Å². The molecule has 0 atom stereocenters. The van der Waals surface area contributed by atoms with E-state index in [0.717, 1.165) is 35.1 Å². The minimum atomic E-state index is 0.310. The molecule has 2 aromatic heterocycles. The third-order valence-corrected chi connectivity index (χ3v) is 3.10. The van der Waals surface area contributed by atoms with E-state index in [0.29, 0.717) is 5.75 Å². The molecule has 0 aliphatic heterocycles. The van der Waals surface area contributed by atoms with E-state index in [9.17, 15) is 5.11 Å². The Morgan fingerprint density at radius 2 is 2.10 bits per heavy atom. The van der Waals surface area contributed by atoms with Gasteiger partial charge in [-0.2, -0.15) is 0 Å². The molecule has 2 heterocycles. The van der Waals surface area contributed by atoms with Gasteiger partial charge in [0.25, 0.3) is 0 Å². The van der Waals surface area contributed by atoms with Gasteiger partial charge in [0.15, 0.2) is 0 Å². The molecule has 0 aliphatic rings. The number of nitrogens with zero attached hydrogens (tertiary/aromatic N) is 1. The molecule has 3 rings (SSSR count). The van der Waals surface area contributed by atoms with Crippen molar-refractivity contribution < 1.29 is 5.11 Å². The average molecular weight is 262 g/mol. The molecule has 0 bridgehead atoms. The number of hydrogen-bond acceptors (Lipinski definition) is 2. The second-order valence-electron chi connectivity index (χ2n) is 4.55. The standard InChI is InChI=1S/C17H14N2O/c20-17-10-5-9-16-15(17)12-14(19-16)8-2-1-6-13-7-3-4-11-18-13/h3-5,7,9-12,19-20H,2,8H2. The number of benzene rings is 1. The first-order chi connectivity index (χ1) is 9.83. The Balaban J connectivity index is 1.69. The van der Waals surface area contributed by atoms with E-state index < -0.39 is 0 Å². The van der Waals surface area contributed by atoms with Gasteiger partial charge in [0.2, 0.25) is 0 Å². The number of aromatic hydroxyl groups is 1. The summed E-state index contributed by atoms with van der Waals surface area (Å²) in [6.45, 7) is 0. The van der Waals surface area contributed by atoms with Crippen LogP contribution < -0.4 is 0 Å². The molecule has 0 unspecified atom stereocenters. The summed E-state index contributed by atoms with van der Waals surface area (Å²) in [6, 6.07) is 13.2. The molecule has 3 aromatic rings. The van der Waals surface area contributed by atoms with Crippen molar-refractivity contribution in [2.45, 2.75) is 12.8 Å². The zero-order valence-electron chi connectivity index (χ0n) is 10.9. The molecule has 0 amide bonds. The van der Waals surface area contributed by atoms with Crippen molar-refractivity contribution in [2.75, 3.05) is 0 Å². The maximum atomic E-state index is 9.75. The monoisotopic (exact) mass is 262 g/mol. The van der Waals surface area contributed by atoms with E-state index >= 15 is 0 Å². The number of phenols is 1. The van der Waals surface area contributed by atoms with Gasteiger partial charge < -0.3 is 10.1 Å². The molecule has 3 heteroatoms. The number of H-pyrrole nitrogens is 1. The lowest BCUT2D eigenvalue weighted by Gasteiger charge is -1.91. The van der Waals surface area contributed by atoms with Crippen LogP contribution in [0, 0.1) is 11.8 Å². The Morgan fingerprint density at radius 1 is 1.15 bits per heavy atom. The second-order valence-corrected chi connectivity index (χ2v) is 4.55. The SMILES string of the molecule is Oc1cccc2[nH]c(CCC#Cc3ccccn3)cc12. The molecule has 0 saturated heterocycles. The van der Waals surface area contributed by atoms with Crippen molar-refractivity contribution in [1.29, 1.82) is 0 Å². The average Bonchev–Trinajstić information content (AvgIpc) is 2.89. The normalized spacial score (nSPS) is 10.2. The third-order valence-electron chi connectivity index (χ3n) is 3.10. The largest absolute Gasteiger partial charge is 0.507 e. The van der Waals surface area contributed by atoms with Crippen LogP contribution in [0.4, 0.5) is 0 Å². The fraction of sp³-hybridized carbons (Fsp3) is 0.118. The van der Waals surface area contributed by atoms with Gasteiger partial charge in [0.1, 0.15) is 11.4 Å². The summed E-state index contributed by atoms with van der Waals surface area (Å²) in [5.41, 5.74) is 2.83. The number of phenolic OH excluding ortho intramolecular Hbond substituents is 1. The molecule has 3 nitrogen and oxygen atoms in total. The maximum absolute atomic E-state index is 9.75. The number of aromatic nitrogens is 2. The van der Waals surface area contributed by atoms with Gasteiger partial charge in [-0.15, -0.1) is 0 Å². The first-order valence-electron chi connectivity index (χ1n) is 6.52. The second kappa shape index (κ2) is 5.50. The number of hydrogen-bond donors (Lipinski definition) is 2. The zero-order chi connectivity index (χ0) is 13.8. The van der Waals surface area contributed by atoms with Gasteiger partial charge in [-0.05, 0) is 42.7 Å². The van der Waals surface area contributed by atoms with E-state index in [-0.39, 0.29) is 0 Å². The predicted molar refractivity (Wildman–Crippen MR) is 79.4 cm³/mol. The van der Waals surface area contributed by atoms with Gasteiger partial charge in [-0.25, -0.2) is 4.98 Å². The van der Waals surface area contributed by atoms with Gasteiger partial charge >= 0.3 is 0 Å². The first kappa shape index (κ1) is 12.3. The van der Waals surface area contributed by atoms with Crippen molar-refractivity contribution in [2.24, 2.45) is 0 Å². The molecule has 0 spiro atoms. The minimum Gasteiger partial charge on any atom is -0.507 e. The molecule has 1 aromatic carbocycles. The minimum absolute atomic E-state index is 0.310. The highest BCUT2D eigenvalue weighted by Gasteiger charge is 2.03. The van der Waals surface area contributed by atoms with E-state index in [4.69, 9.17) is 0 Å². The highest BCUT2D eigenvalue weighted by atomic mass is 16.3. The third kappa shape index (κ3) is 2.65. The Morgan fingerprint density at radius 3 is 2.90 bits per heavy atom. The molecule has 98 valence electrons. The van der Waals surface area contributed by atoms with Crippen LogP contribution in [0.5, 0.6) is 5.75 Å². The van der Waals surface area contributed by atoms with Crippen LogP contribution in [0.2, 0.25) is 0 Å². The summed E-state index contributed by atoms with van der Waals surface area (Å²) < 4.78 is 0. The topological polar surface area (TPSA) is 48.9 Å². The molecule has 20 heavy (non-hydrogen) atoms. The number of rotatable bonds is 2. The van der Waals surface area contributed by atoms with Crippen LogP contribution >= 0.6 is 0 Å². The predicted octanol–water partition coefficient (Wildman–Crippen LogP) is 3.25. The van der Waals surface area contributed by atoms with E-state index in [1.807, 2.05) is 36.4 Å². The van der Waals surface area contributed by atoms with Crippen LogP contribution in [0.25, 0.3) is 10.9 Å². The Kier molecular flexibility index (Phi) is 3.38. The number of aryl methyl sites for hydroxylation is 1. The summed E-state index contributed by atoms with van der Waals surface area (Å²) in [6.07, 6.45) is 3.32. The highest BCUT2D eigenvalue weighted by molar-refractivity contribution is 5.86. The number of nitrogens with one attached hydrogen (secondary N) is 1. The Labute approximate surface area is 117 Å². The lowest BCUT2D eigenvalue weighted by Crippen LogP contribution is -1.83. The number of aromatic amines is 1. The van der Waals surface area contributed by atoms with Crippen molar-refractivity contribution >= 4 is 10.9 Å². The summed E-state index contributed by atoms with van der Waals surface area (Å²) in [4.78, 5) is 7.45. The highest BCUT2D eigenvalue weighted by Crippen LogP contribution is 2.25. The summed E-state index contributed by atoms with van der Waals surface area (Å²) in [5, 5.41) is 10.6. The quantitative estimate of drug-likeness (QED) is 0.696. The fourth-order valence-electron chi connectivity index (χ4n) is 2.12. The van der Waals surface area contributed by atoms with E-state index in [2.05, 4.69) is 21.8 Å². The maximum Gasteiger partial charge on any atom is 0.124 e. The van der Waals surface area contributed by atoms with Crippen molar-refractivity contribution in [1.82, 2.24) is 9.97 Å². The Bertz CT molecular complexity index is 779. The molecule has 2 N–H and O–H groups in total. The van der Waals surface area contributed by atoms with E-state index in [1.54, 1.807) is 12.3 Å². The lowest BCUT2D eigenvalue weighted by molar-refractivity contribution is 0.481. The number of pyridine rings is 1. The van der Waals surface area contributed by atoms with Crippen LogP contribution in [-0.4, -0.2) is 15.1 Å². The molecular formula is C17H14N2O. The number of fused-ring (bicyclic) bond motifs is 1. The van der Waals surface area contributed by atoms with Crippen LogP contribution in [0.15, 0.2) is 48.7 Å². The zero-order valence-corrected chi connectivity index (χ0v) is 10.9. The van der Waals surface area contributed by atoms with Crippen LogP contribution in [0.1, 0.15) is 17.8 Å². The van der Waals surface area contributed by atoms with Crippen LogP contribution in [-0.2, 0) is 6.42 Å². The fourth-order valence-corrected chi connectivity index (χ4v) is 2.12. The molecule has 0 saturated carbocycles. The van der Waals surface area contributed by atoms with Crippen molar-refractivity contribution in [3.8, 4) is 17.6 Å². The molecule has 0 fully saturated rings. The van der Waals surface area contributed by atoms with Gasteiger partial charge in [-0.1, -0.05) is 18.1 Å². The van der Waals surface area contributed by atoms with Crippen molar-refractivity contribution in [3.05, 3.63) is 60.0 Å². The summed E-state index contributed by atoms with van der Waals surface area (Å²) >= 11 is 0. The van der Waals surface area contributed by atoms with Gasteiger partial charge in [0.05, 0.1) is 0 Å². The molecule has 0 aliphatic carbocycles. The first-order valence-corrected chi connectivity index (χ1v) is 6.52. The smallest absolute Gasteiger partial charge is 0.124 e. The summed E-state index contributed by atoms with van der Waals surface area (Å²) in [5.74, 6) is 6.46. The summed E-state index contributed by atoms with van der Waals surface area (Å²) in [7, 11) is 0. The lowest BCUT2D eigenvalue weighted by atomic mass is 10.2. The molecule has 0 radical (unpaired) electrons.